The number of para-hydroxylation sites is 1. The zero-order valence-corrected chi connectivity index (χ0v) is 12.7. The number of aliphatic hydroxyl groups excluding tert-OH is 1. The van der Waals surface area contributed by atoms with Gasteiger partial charge in [0.25, 0.3) is 0 Å². The van der Waals surface area contributed by atoms with Crippen LogP contribution in [0.2, 0.25) is 0 Å². The van der Waals surface area contributed by atoms with Crippen molar-refractivity contribution in [2.75, 3.05) is 11.5 Å². The molecule has 0 saturated carbocycles. The number of nitrogens with zero attached hydrogens (tertiary/aromatic N) is 3. The van der Waals surface area contributed by atoms with Gasteiger partial charge in [-0.25, -0.2) is 0 Å². The van der Waals surface area contributed by atoms with Crippen LogP contribution in [0.4, 0.5) is 5.69 Å². The first-order valence-electron chi connectivity index (χ1n) is 7.52. The van der Waals surface area contributed by atoms with Crippen molar-refractivity contribution in [3.05, 3.63) is 42.0 Å². The van der Waals surface area contributed by atoms with Gasteiger partial charge in [0.15, 0.2) is 5.82 Å². The lowest BCUT2D eigenvalue weighted by molar-refractivity contribution is 0.254. The Hall–Kier alpha value is -1.88. The van der Waals surface area contributed by atoms with Crippen LogP contribution in [-0.2, 0) is 13.0 Å². The summed E-state index contributed by atoms with van der Waals surface area (Å²) in [4.78, 5) is 6.54. The molecule has 0 spiro atoms. The van der Waals surface area contributed by atoms with Gasteiger partial charge < -0.3 is 14.5 Å². The quantitative estimate of drug-likeness (QED) is 0.809. The molecule has 5 nitrogen and oxygen atoms in total. The van der Waals surface area contributed by atoms with Gasteiger partial charge in [-0.05, 0) is 25.0 Å². The molecule has 114 valence electrons. The van der Waals surface area contributed by atoms with Gasteiger partial charge >= 0.3 is 0 Å². The molecule has 2 rings (SSSR count). The average molecular weight is 289 g/mol. The molecule has 0 bridgehead atoms. The third-order valence-electron chi connectivity index (χ3n) is 3.50. The van der Waals surface area contributed by atoms with Gasteiger partial charge in [-0.3, -0.25) is 0 Å². The molecule has 0 aliphatic rings. The fourth-order valence-electron chi connectivity index (χ4n) is 2.32. The zero-order chi connectivity index (χ0) is 15.1. The zero-order valence-electron chi connectivity index (χ0n) is 12.7. The molecule has 1 heterocycles. The Labute approximate surface area is 125 Å². The van der Waals surface area contributed by atoms with Gasteiger partial charge in [-0.2, -0.15) is 4.98 Å². The lowest BCUT2D eigenvalue weighted by Gasteiger charge is -2.30. The first kappa shape index (κ1) is 15.5. The predicted molar refractivity (Wildman–Crippen MR) is 82.1 cm³/mol. The molecule has 0 aliphatic carbocycles. The van der Waals surface area contributed by atoms with E-state index >= 15 is 0 Å². The summed E-state index contributed by atoms with van der Waals surface area (Å²) in [5.74, 6) is 1.34. The van der Waals surface area contributed by atoms with Crippen LogP contribution in [0.5, 0.6) is 0 Å². The summed E-state index contributed by atoms with van der Waals surface area (Å²) in [6.45, 7) is 4.79. The summed E-state index contributed by atoms with van der Waals surface area (Å²) in [6, 6.07) is 10.1. The van der Waals surface area contributed by atoms with Crippen molar-refractivity contribution in [2.45, 2.75) is 45.7 Å². The topological polar surface area (TPSA) is 62.4 Å². The van der Waals surface area contributed by atoms with Gasteiger partial charge in [0.2, 0.25) is 5.89 Å². The lowest BCUT2D eigenvalue weighted by atomic mass is 10.1. The maximum atomic E-state index is 9.62. The minimum Gasteiger partial charge on any atom is -0.394 e. The molecule has 0 saturated heterocycles. The summed E-state index contributed by atoms with van der Waals surface area (Å²) in [5, 5.41) is 13.7. The summed E-state index contributed by atoms with van der Waals surface area (Å²) >= 11 is 0. The SMILES string of the molecule is CCCc1nc(CN(c2ccccc2)C(CC)CO)no1. The van der Waals surface area contributed by atoms with E-state index in [1.807, 2.05) is 30.3 Å². The summed E-state index contributed by atoms with van der Waals surface area (Å²) in [5.41, 5.74) is 1.06. The first-order chi connectivity index (χ1) is 10.3. The number of rotatable bonds is 8. The second-order valence-corrected chi connectivity index (χ2v) is 5.06. The third-order valence-corrected chi connectivity index (χ3v) is 3.50. The summed E-state index contributed by atoms with van der Waals surface area (Å²) in [7, 11) is 0. The second kappa shape index (κ2) is 7.78. The molecular formula is C16H23N3O2. The van der Waals surface area contributed by atoms with Crippen LogP contribution in [0.1, 0.15) is 38.4 Å². The molecule has 1 N–H and O–H groups in total. The standard InChI is InChI=1S/C16H23N3O2/c1-3-8-16-17-15(18-21-16)11-19(13(4-2)12-20)14-9-6-5-7-10-14/h5-7,9-10,13,20H,3-4,8,11-12H2,1-2H3. The van der Waals surface area contributed by atoms with Gasteiger partial charge in [0.05, 0.1) is 19.2 Å². The van der Waals surface area contributed by atoms with Crippen molar-refractivity contribution >= 4 is 5.69 Å². The Morgan fingerprint density at radius 2 is 2.00 bits per heavy atom. The maximum absolute atomic E-state index is 9.62. The Bertz CT molecular complexity index is 523. The minimum absolute atomic E-state index is 0.0422. The molecule has 1 unspecified atom stereocenters. The van der Waals surface area contributed by atoms with Gasteiger partial charge in [-0.15, -0.1) is 0 Å². The highest BCUT2D eigenvalue weighted by atomic mass is 16.5. The Morgan fingerprint density at radius 1 is 1.24 bits per heavy atom. The van der Waals surface area contributed by atoms with Gasteiger partial charge in [0.1, 0.15) is 0 Å². The fourth-order valence-corrected chi connectivity index (χ4v) is 2.32. The average Bonchev–Trinajstić information content (AvgIpc) is 2.96. The maximum Gasteiger partial charge on any atom is 0.226 e. The van der Waals surface area contributed by atoms with E-state index in [1.54, 1.807) is 0 Å². The van der Waals surface area contributed by atoms with Crippen LogP contribution in [0.3, 0.4) is 0 Å². The van der Waals surface area contributed by atoms with Crippen molar-refractivity contribution in [1.82, 2.24) is 10.1 Å². The summed E-state index contributed by atoms with van der Waals surface area (Å²) in [6.07, 6.45) is 2.64. The molecule has 21 heavy (non-hydrogen) atoms. The van der Waals surface area contributed by atoms with E-state index in [0.29, 0.717) is 18.3 Å². The van der Waals surface area contributed by atoms with E-state index in [9.17, 15) is 5.11 Å². The van der Waals surface area contributed by atoms with Crippen molar-refractivity contribution in [2.24, 2.45) is 0 Å². The van der Waals surface area contributed by atoms with E-state index in [2.05, 4.69) is 28.9 Å². The predicted octanol–water partition coefficient (Wildman–Crippen LogP) is 2.80. The number of aliphatic hydroxyl groups is 1. The molecule has 0 fully saturated rings. The van der Waals surface area contributed by atoms with Crippen LogP contribution in [0, 0.1) is 0 Å². The number of hydrogen-bond acceptors (Lipinski definition) is 5. The highest BCUT2D eigenvalue weighted by molar-refractivity contribution is 5.47. The van der Waals surface area contributed by atoms with E-state index in [0.717, 1.165) is 24.9 Å². The van der Waals surface area contributed by atoms with Crippen molar-refractivity contribution < 1.29 is 9.63 Å². The van der Waals surface area contributed by atoms with Crippen molar-refractivity contribution in [3.8, 4) is 0 Å². The molecule has 2 aromatic rings. The molecule has 0 aliphatic heterocycles. The lowest BCUT2D eigenvalue weighted by Crippen LogP contribution is -2.37. The van der Waals surface area contributed by atoms with Crippen LogP contribution in [0.25, 0.3) is 0 Å². The highest BCUT2D eigenvalue weighted by Crippen LogP contribution is 2.20. The molecule has 0 amide bonds. The van der Waals surface area contributed by atoms with Crippen LogP contribution >= 0.6 is 0 Å². The third kappa shape index (κ3) is 4.04. The second-order valence-electron chi connectivity index (χ2n) is 5.06. The smallest absolute Gasteiger partial charge is 0.226 e. The van der Waals surface area contributed by atoms with E-state index in [1.165, 1.54) is 0 Å². The normalized spacial score (nSPS) is 12.3. The monoisotopic (exact) mass is 289 g/mol. The van der Waals surface area contributed by atoms with E-state index in [-0.39, 0.29) is 12.6 Å². The Balaban J connectivity index is 2.19. The van der Waals surface area contributed by atoms with E-state index in [4.69, 9.17) is 4.52 Å². The minimum atomic E-state index is 0.0422. The van der Waals surface area contributed by atoms with Crippen LogP contribution in [0.15, 0.2) is 34.9 Å². The number of aryl methyl sites for hydroxylation is 1. The molecule has 1 atom stereocenters. The Morgan fingerprint density at radius 3 is 2.62 bits per heavy atom. The van der Waals surface area contributed by atoms with Crippen molar-refractivity contribution in [1.29, 1.82) is 0 Å². The number of anilines is 1. The molecule has 1 aromatic carbocycles. The molecule has 1 aromatic heterocycles. The van der Waals surface area contributed by atoms with Gasteiger partial charge in [-0.1, -0.05) is 37.2 Å². The fraction of sp³-hybridized carbons (Fsp3) is 0.500. The molecular weight excluding hydrogens is 266 g/mol. The van der Waals surface area contributed by atoms with Crippen molar-refractivity contribution in [3.63, 3.8) is 0 Å². The van der Waals surface area contributed by atoms with E-state index < -0.39 is 0 Å². The van der Waals surface area contributed by atoms with Crippen LogP contribution in [-0.4, -0.2) is 27.9 Å². The van der Waals surface area contributed by atoms with Crippen LogP contribution < -0.4 is 4.90 Å². The molecule has 0 radical (unpaired) electrons. The Kier molecular flexibility index (Phi) is 5.75. The highest BCUT2D eigenvalue weighted by Gasteiger charge is 2.19. The first-order valence-corrected chi connectivity index (χ1v) is 7.52. The number of benzene rings is 1. The number of aromatic nitrogens is 2. The summed E-state index contributed by atoms with van der Waals surface area (Å²) < 4.78 is 5.24. The van der Waals surface area contributed by atoms with Gasteiger partial charge in [0, 0.05) is 12.1 Å². The largest absolute Gasteiger partial charge is 0.394 e. The number of hydrogen-bond donors (Lipinski definition) is 1. The molecule has 5 heteroatoms.